The number of piperidine rings is 1. The summed E-state index contributed by atoms with van der Waals surface area (Å²) >= 11 is 0. The Labute approximate surface area is 179 Å². The predicted octanol–water partition coefficient (Wildman–Crippen LogP) is 3.16. The van der Waals surface area contributed by atoms with Gasteiger partial charge in [-0.3, -0.25) is 4.79 Å². The lowest BCUT2D eigenvalue weighted by molar-refractivity contribution is -0.130. The molecule has 2 aliphatic rings. The normalized spacial score (nSPS) is 19.8. The van der Waals surface area contributed by atoms with Gasteiger partial charge in [0, 0.05) is 19.1 Å². The van der Waals surface area contributed by atoms with Gasteiger partial charge in [-0.25, -0.2) is 13.2 Å². The van der Waals surface area contributed by atoms with Crippen LogP contribution in [0.1, 0.15) is 74.2 Å². The molecule has 1 atom stereocenters. The topological polar surface area (TPSA) is 92.8 Å². The van der Waals surface area contributed by atoms with Crippen molar-refractivity contribution in [2.45, 2.75) is 82.3 Å². The second-order valence-electron chi connectivity index (χ2n) is 8.34. The summed E-state index contributed by atoms with van der Waals surface area (Å²) in [5, 5.41) is 2.94. The van der Waals surface area contributed by atoms with E-state index in [0.29, 0.717) is 18.7 Å². The maximum Gasteiger partial charge on any atom is 0.338 e. The third kappa shape index (κ3) is 5.40. The molecule has 1 aromatic carbocycles. The highest BCUT2D eigenvalue weighted by Crippen LogP contribution is 2.25. The number of carbonyl (C=O) groups excluding carboxylic acids is 2. The average molecular weight is 437 g/mol. The molecule has 0 unspecified atom stereocenters. The highest BCUT2D eigenvalue weighted by molar-refractivity contribution is 7.89. The third-order valence-electron chi connectivity index (χ3n) is 5.96. The van der Waals surface area contributed by atoms with Crippen LogP contribution in [0.5, 0.6) is 0 Å². The quantitative estimate of drug-likeness (QED) is 0.692. The van der Waals surface area contributed by atoms with Gasteiger partial charge in [0.05, 0.1) is 10.5 Å². The number of aryl methyl sites for hydroxylation is 1. The molecule has 0 radical (unpaired) electrons. The van der Waals surface area contributed by atoms with Crippen molar-refractivity contribution in [3.63, 3.8) is 0 Å². The summed E-state index contributed by atoms with van der Waals surface area (Å²) in [7, 11) is -3.67. The van der Waals surface area contributed by atoms with Gasteiger partial charge in [-0.2, -0.15) is 4.31 Å². The Hall–Kier alpha value is -1.93. The first-order chi connectivity index (χ1) is 14.3. The van der Waals surface area contributed by atoms with Crippen LogP contribution in [-0.2, 0) is 19.6 Å². The van der Waals surface area contributed by atoms with E-state index in [2.05, 4.69) is 5.32 Å². The zero-order valence-corrected chi connectivity index (χ0v) is 18.7. The van der Waals surface area contributed by atoms with Crippen LogP contribution in [0.4, 0.5) is 0 Å². The zero-order chi connectivity index (χ0) is 21.7. The first kappa shape index (κ1) is 22.7. The SMILES string of the molecule is Cc1ccc(C(=O)O[C@@H](C)C(=O)NC2CCCCC2)cc1S(=O)(=O)N1CCCCC1. The van der Waals surface area contributed by atoms with Crippen molar-refractivity contribution in [3.05, 3.63) is 29.3 Å². The monoisotopic (exact) mass is 436 g/mol. The standard InChI is InChI=1S/C22H32N2O5S/c1-16-11-12-18(15-20(16)30(27,28)24-13-7-4-8-14-24)22(26)29-17(2)21(25)23-19-9-5-3-6-10-19/h11-12,15,17,19H,3-10,13-14H2,1-2H3,(H,23,25)/t17-/m0/s1. The summed E-state index contributed by atoms with van der Waals surface area (Å²) in [5.41, 5.74) is 0.716. The second-order valence-corrected chi connectivity index (χ2v) is 10.2. The molecule has 7 nitrogen and oxygen atoms in total. The molecule has 0 bridgehead atoms. The summed E-state index contributed by atoms with van der Waals surface area (Å²) in [6.07, 6.45) is 7.03. The van der Waals surface area contributed by atoms with E-state index in [1.165, 1.54) is 23.7 Å². The van der Waals surface area contributed by atoms with Crippen molar-refractivity contribution in [3.8, 4) is 0 Å². The number of nitrogens with one attached hydrogen (secondary N) is 1. The Morgan fingerprint density at radius 2 is 1.70 bits per heavy atom. The van der Waals surface area contributed by atoms with Gasteiger partial charge < -0.3 is 10.1 Å². The zero-order valence-electron chi connectivity index (χ0n) is 17.9. The molecule has 3 rings (SSSR count). The fourth-order valence-corrected chi connectivity index (χ4v) is 5.86. The molecule has 1 saturated heterocycles. The van der Waals surface area contributed by atoms with E-state index in [4.69, 9.17) is 4.74 Å². The van der Waals surface area contributed by atoms with Crippen LogP contribution in [0.15, 0.2) is 23.1 Å². The summed E-state index contributed by atoms with van der Waals surface area (Å²) in [6, 6.07) is 4.65. The molecule has 0 spiro atoms. The Morgan fingerprint density at radius 3 is 2.37 bits per heavy atom. The Kier molecular flexibility index (Phi) is 7.52. The first-order valence-electron chi connectivity index (χ1n) is 10.9. The van der Waals surface area contributed by atoms with Crippen LogP contribution < -0.4 is 5.32 Å². The van der Waals surface area contributed by atoms with E-state index in [-0.39, 0.29) is 22.4 Å². The van der Waals surface area contributed by atoms with E-state index in [0.717, 1.165) is 44.9 Å². The molecule has 1 saturated carbocycles. The number of sulfonamides is 1. The number of carbonyl (C=O) groups is 2. The lowest BCUT2D eigenvalue weighted by atomic mass is 9.95. The van der Waals surface area contributed by atoms with Crippen LogP contribution >= 0.6 is 0 Å². The largest absolute Gasteiger partial charge is 0.449 e. The minimum Gasteiger partial charge on any atom is -0.449 e. The van der Waals surface area contributed by atoms with Crippen LogP contribution in [0.25, 0.3) is 0 Å². The van der Waals surface area contributed by atoms with Gasteiger partial charge in [-0.15, -0.1) is 0 Å². The molecular formula is C22H32N2O5S. The summed E-state index contributed by atoms with van der Waals surface area (Å²) in [6.45, 7) is 4.24. The fraction of sp³-hybridized carbons (Fsp3) is 0.636. The van der Waals surface area contributed by atoms with Crippen molar-refractivity contribution in [2.75, 3.05) is 13.1 Å². The molecule has 0 aromatic heterocycles. The number of nitrogens with zero attached hydrogens (tertiary/aromatic N) is 1. The fourth-order valence-electron chi connectivity index (χ4n) is 4.10. The Balaban J connectivity index is 1.68. The number of ether oxygens (including phenoxy) is 1. The van der Waals surface area contributed by atoms with Gasteiger partial charge in [-0.1, -0.05) is 31.7 Å². The highest BCUT2D eigenvalue weighted by Gasteiger charge is 2.29. The highest BCUT2D eigenvalue weighted by atomic mass is 32.2. The lowest BCUT2D eigenvalue weighted by Crippen LogP contribution is -2.42. The molecule has 1 aromatic rings. The minimum atomic E-state index is -3.67. The van der Waals surface area contributed by atoms with Crippen LogP contribution in [0.2, 0.25) is 0 Å². The van der Waals surface area contributed by atoms with Crippen molar-refractivity contribution < 1.29 is 22.7 Å². The molecule has 166 valence electrons. The van der Waals surface area contributed by atoms with Crippen molar-refractivity contribution in [2.24, 2.45) is 0 Å². The number of benzene rings is 1. The molecule has 1 N–H and O–H groups in total. The first-order valence-corrected chi connectivity index (χ1v) is 12.3. The smallest absolute Gasteiger partial charge is 0.338 e. The van der Waals surface area contributed by atoms with Gasteiger partial charge >= 0.3 is 5.97 Å². The van der Waals surface area contributed by atoms with Gasteiger partial charge in [-0.05, 0) is 57.2 Å². The van der Waals surface area contributed by atoms with Crippen molar-refractivity contribution in [1.29, 1.82) is 0 Å². The summed E-state index contributed by atoms with van der Waals surface area (Å²) < 4.78 is 32.9. The van der Waals surface area contributed by atoms with Gasteiger partial charge in [0.1, 0.15) is 0 Å². The van der Waals surface area contributed by atoms with Crippen molar-refractivity contribution >= 4 is 21.9 Å². The molecule has 8 heteroatoms. The van der Waals surface area contributed by atoms with Crippen LogP contribution in [0.3, 0.4) is 0 Å². The van der Waals surface area contributed by atoms with E-state index in [1.54, 1.807) is 19.1 Å². The maximum atomic E-state index is 13.0. The molecule has 1 aliphatic heterocycles. The van der Waals surface area contributed by atoms with Crippen LogP contribution in [0, 0.1) is 6.92 Å². The number of rotatable bonds is 6. The van der Waals surface area contributed by atoms with Crippen molar-refractivity contribution in [1.82, 2.24) is 9.62 Å². The number of esters is 1. The van der Waals surface area contributed by atoms with Gasteiger partial charge in [0.15, 0.2) is 6.10 Å². The van der Waals surface area contributed by atoms with E-state index in [1.807, 2.05) is 0 Å². The van der Waals surface area contributed by atoms with Gasteiger partial charge in [0.2, 0.25) is 10.0 Å². The average Bonchev–Trinajstić information content (AvgIpc) is 2.75. The maximum absolute atomic E-state index is 13.0. The second kappa shape index (κ2) is 9.92. The van der Waals surface area contributed by atoms with Crippen LogP contribution in [-0.4, -0.2) is 49.8 Å². The van der Waals surface area contributed by atoms with E-state index >= 15 is 0 Å². The summed E-state index contributed by atoms with van der Waals surface area (Å²) in [5.74, 6) is -1.01. The molecule has 30 heavy (non-hydrogen) atoms. The minimum absolute atomic E-state index is 0.123. The Bertz CT molecular complexity index is 872. The molecule has 2 fully saturated rings. The summed E-state index contributed by atoms with van der Waals surface area (Å²) in [4.78, 5) is 25.1. The molecule has 1 heterocycles. The lowest BCUT2D eigenvalue weighted by Gasteiger charge is -2.26. The van der Waals surface area contributed by atoms with E-state index in [9.17, 15) is 18.0 Å². The molecule has 1 aliphatic carbocycles. The van der Waals surface area contributed by atoms with E-state index < -0.39 is 22.1 Å². The number of hydrogen-bond donors (Lipinski definition) is 1. The number of amides is 1. The third-order valence-corrected chi connectivity index (χ3v) is 8.00. The van der Waals surface area contributed by atoms with Gasteiger partial charge in [0.25, 0.3) is 5.91 Å². The molecular weight excluding hydrogens is 404 g/mol. The number of hydrogen-bond acceptors (Lipinski definition) is 5. The molecule has 1 amide bonds. The predicted molar refractivity (Wildman–Crippen MR) is 114 cm³/mol. The Morgan fingerprint density at radius 1 is 1.07 bits per heavy atom.